The van der Waals surface area contributed by atoms with Crippen LogP contribution in [0.15, 0.2) is 60.7 Å². The number of benzene rings is 2. The zero-order valence-corrected chi connectivity index (χ0v) is 12.7. The first-order chi connectivity index (χ1) is 11.1. The Labute approximate surface area is 139 Å². The quantitative estimate of drug-likeness (QED) is 0.753. The van der Waals surface area contributed by atoms with Gasteiger partial charge in [0.25, 0.3) is 0 Å². The van der Waals surface area contributed by atoms with Gasteiger partial charge >= 0.3 is 139 Å². The van der Waals surface area contributed by atoms with Crippen molar-refractivity contribution < 1.29 is 43.1 Å². The van der Waals surface area contributed by atoms with Crippen molar-refractivity contribution in [3.05, 3.63) is 71.8 Å². The van der Waals surface area contributed by atoms with E-state index in [1.165, 1.54) is 0 Å². The third-order valence-electron chi connectivity index (χ3n) is 2.85. The third-order valence-corrected chi connectivity index (χ3v) is 3.38. The SMILES string of the molecule is O=C([O][Cu][O]C(=O)[C@H](O)c1ccccc1)[C@H](O)c1ccccc1. The van der Waals surface area contributed by atoms with Crippen molar-refractivity contribution in [3.8, 4) is 0 Å². The van der Waals surface area contributed by atoms with Crippen molar-refractivity contribution >= 4 is 11.9 Å². The molecular formula is C16H14CuO6. The summed E-state index contributed by atoms with van der Waals surface area (Å²) >= 11 is 0.195. The Kier molecular flexibility index (Phi) is 6.31. The second-order valence-corrected chi connectivity index (χ2v) is 4.98. The summed E-state index contributed by atoms with van der Waals surface area (Å²) in [5, 5.41) is 19.5. The molecule has 125 valence electrons. The summed E-state index contributed by atoms with van der Waals surface area (Å²) in [6.07, 6.45) is -2.97. The molecule has 0 fully saturated rings. The molecule has 0 aromatic heterocycles. The molecule has 0 aliphatic carbocycles. The van der Waals surface area contributed by atoms with Crippen molar-refractivity contribution in [2.45, 2.75) is 12.2 Å². The van der Waals surface area contributed by atoms with E-state index in [4.69, 9.17) is 0 Å². The monoisotopic (exact) mass is 365 g/mol. The van der Waals surface area contributed by atoms with Crippen molar-refractivity contribution in [1.29, 1.82) is 0 Å². The average molecular weight is 366 g/mol. The van der Waals surface area contributed by atoms with Crippen molar-refractivity contribution in [1.82, 2.24) is 0 Å². The fraction of sp³-hybridized carbons (Fsp3) is 0.125. The molecule has 0 amide bonds. The summed E-state index contributed by atoms with van der Waals surface area (Å²) in [7, 11) is 0. The molecule has 0 heterocycles. The molecule has 0 radical (unpaired) electrons. The molecule has 0 bridgehead atoms. The van der Waals surface area contributed by atoms with Crippen LogP contribution in [0.4, 0.5) is 0 Å². The summed E-state index contributed by atoms with van der Waals surface area (Å²) in [4.78, 5) is 23.2. The van der Waals surface area contributed by atoms with Crippen LogP contribution >= 0.6 is 0 Å². The van der Waals surface area contributed by atoms with Gasteiger partial charge in [0.15, 0.2) is 0 Å². The number of carbonyl (C=O) groups excluding carboxylic acids is 2. The van der Waals surface area contributed by atoms with E-state index in [0.29, 0.717) is 11.1 Å². The number of carbonyl (C=O) groups is 2. The number of hydrogen-bond donors (Lipinski definition) is 2. The first-order valence-corrected chi connectivity index (χ1v) is 7.32. The first kappa shape index (κ1) is 17.2. The molecule has 7 heteroatoms. The molecule has 2 aromatic rings. The predicted molar refractivity (Wildman–Crippen MR) is 75.0 cm³/mol. The van der Waals surface area contributed by atoms with Gasteiger partial charge in [0, 0.05) is 0 Å². The van der Waals surface area contributed by atoms with Crippen LogP contribution in [0.2, 0.25) is 0 Å². The molecule has 23 heavy (non-hydrogen) atoms. The van der Waals surface area contributed by atoms with Crippen LogP contribution in [0, 0.1) is 0 Å². The van der Waals surface area contributed by atoms with Gasteiger partial charge < -0.3 is 0 Å². The molecule has 0 saturated carbocycles. The van der Waals surface area contributed by atoms with Gasteiger partial charge in [-0.05, 0) is 0 Å². The second-order valence-electron chi connectivity index (χ2n) is 4.44. The van der Waals surface area contributed by atoms with Gasteiger partial charge in [-0.2, -0.15) is 0 Å². The van der Waals surface area contributed by atoms with Crippen molar-refractivity contribution in [2.24, 2.45) is 0 Å². The van der Waals surface area contributed by atoms with Gasteiger partial charge in [0.05, 0.1) is 0 Å². The van der Waals surface area contributed by atoms with E-state index >= 15 is 0 Å². The molecule has 6 nitrogen and oxygen atoms in total. The zero-order valence-electron chi connectivity index (χ0n) is 11.8. The first-order valence-electron chi connectivity index (χ1n) is 6.56. The van der Waals surface area contributed by atoms with E-state index < -0.39 is 24.1 Å². The van der Waals surface area contributed by atoms with Crippen molar-refractivity contribution in [3.63, 3.8) is 0 Å². The summed E-state index contributed by atoms with van der Waals surface area (Å²) in [5.74, 6) is -1.98. The number of aliphatic hydroxyl groups excluding tert-OH is 2. The van der Waals surface area contributed by atoms with E-state index in [2.05, 4.69) is 7.64 Å². The fourth-order valence-corrected chi connectivity index (χ4v) is 2.08. The van der Waals surface area contributed by atoms with E-state index in [0.717, 1.165) is 0 Å². The van der Waals surface area contributed by atoms with Crippen LogP contribution in [0.25, 0.3) is 0 Å². The minimum absolute atomic E-state index is 0.195. The van der Waals surface area contributed by atoms with Gasteiger partial charge in [0.1, 0.15) is 0 Å². The number of rotatable bonds is 6. The Bertz CT molecular complexity index is 589. The molecule has 2 rings (SSSR count). The van der Waals surface area contributed by atoms with E-state index in [-0.39, 0.29) is 15.6 Å². The Balaban J connectivity index is 1.80. The Morgan fingerprint density at radius 3 is 1.43 bits per heavy atom. The maximum atomic E-state index is 11.6. The average Bonchev–Trinajstić information content (AvgIpc) is 2.61. The normalized spacial score (nSPS) is 13.1. The van der Waals surface area contributed by atoms with Gasteiger partial charge in [-0.3, -0.25) is 0 Å². The Morgan fingerprint density at radius 1 is 0.739 bits per heavy atom. The second kappa shape index (κ2) is 8.45. The topological polar surface area (TPSA) is 93.1 Å². The zero-order chi connectivity index (χ0) is 16.7. The molecule has 0 aliphatic heterocycles. The Morgan fingerprint density at radius 2 is 1.09 bits per heavy atom. The van der Waals surface area contributed by atoms with E-state index in [9.17, 15) is 19.8 Å². The van der Waals surface area contributed by atoms with Crippen LogP contribution in [0.3, 0.4) is 0 Å². The van der Waals surface area contributed by atoms with Gasteiger partial charge in [-0.15, -0.1) is 0 Å². The standard InChI is InChI=1S/2C8H8O3.Cu/c2*9-7(8(10)11)6-4-2-1-3-5-6;/h2*1-5,7,9H,(H,10,11);/q;;+2/p-2/t2*7-;/m11./s1. The molecular weight excluding hydrogens is 352 g/mol. The molecule has 0 unspecified atom stereocenters. The van der Waals surface area contributed by atoms with Gasteiger partial charge in [-0.1, -0.05) is 0 Å². The molecule has 2 aromatic carbocycles. The van der Waals surface area contributed by atoms with Crippen LogP contribution < -0.4 is 0 Å². The summed E-state index contributed by atoms with van der Waals surface area (Å²) in [6, 6.07) is 16.3. The minimum atomic E-state index is -1.49. The maximum absolute atomic E-state index is 11.6. The van der Waals surface area contributed by atoms with E-state index in [1.807, 2.05) is 0 Å². The molecule has 0 aliphatic rings. The van der Waals surface area contributed by atoms with Gasteiger partial charge in [0.2, 0.25) is 0 Å². The van der Waals surface area contributed by atoms with E-state index in [1.54, 1.807) is 60.7 Å². The van der Waals surface area contributed by atoms with Crippen LogP contribution in [-0.2, 0) is 32.8 Å². The number of aliphatic hydroxyl groups is 2. The third kappa shape index (κ3) is 4.91. The molecule has 0 spiro atoms. The molecule has 0 saturated heterocycles. The van der Waals surface area contributed by atoms with Crippen LogP contribution in [0.1, 0.15) is 23.3 Å². The molecule has 2 N–H and O–H groups in total. The van der Waals surface area contributed by atoms with Crippen molar-refractivity contribution in [2.75, 3.05) is 0 Å². The Hall–Kier alpha value is -2.18. The fourth-order valence-electron chi connectivity index (χ4n) is 1.67. The van der Waals surface area contributed by atoms with Crippen LogP contribution in [0.5, 0.6) is 0 Å². The number of hydrogen-bond acceptors (Lipinski definition) is 6. The van der Waals surface area contributed by atoms with Crippen LogP contribution in [-0.4, -0.2) is 22.2 Å². The summed E-state index contributed by atoms with van der Waals surface area (Å²) in [6.45, 7) is 0. The van der Waals surface area contributed by atoms with Gasteiger partial charge in [-0.25, -0.2) is 0 Å². The predicted octanol–water partition coefficient (Wildman–Crippen LogP) is 1.45. The molecule has 2 atom stereocenters. The summed E-state index contributed by atoms with van der Waals surface area (Å²) in [5.41, 5.74) is 0.707. The summed E-state index contributed by atoms with van der Waals surface area (Å²) < 4.78 is 9.16.